The van der Waals surface area contributed by atoms with E-state index in [1.54, 1.807) is 13.8 Å². The average molecular weight is 215 g/mol. The van der Waals surface area contributed by atoms with Crippen molar-refractivity contribution in [3.8, 4) is 0 Å². The molecule has 0 bridgehead atoms. The second-order valence-corrected chi connectivity index (χ2v) is 4.00. The zero-order chi connectivity index (χ0) is 11.6. The van der Waals surface area contributed by atoms with E-state index in [1.165, 1.54) is 0 Å². The molecule has 0 atom stereocenters. The van der Waals surface area contributed by atoms with E-state index < -0.39 is 23.3 Å². The number of ether oxygens (including phenoxy) is 1. The number of carbonyl (C=O) groups excluding carboxylic acids is 2. The number of morpholine rings is 1. The van der Waals surface area contributed by atoms with Gasteiger partial charge >= 0.3 is 5.97 Å². The molecule has 15 heavy (non-hydrogen) atoms. The lowest BCUT2D eigenvalue weighted by Crippen LogP contribution is -2.57. The molecule has 1 heterocycles. The van der Waals surface area contributed by atoms with Gasteiger partial charge in [0.25, 0.3) is 11.8 Å². The molecule has 0 radical (unpaired) electrons. The van der Waals surface area contributed by atoms with Gasteiger partial charge in [-0.05, 0) is 13.8 Å². The van der Waals surface area contributed by atoms with Gasteiger partial charge in [0.1, 0.15) is 13.2 Å². The minimum atomic E-state index is -1.05. The Hall–Kier alpha value is -1.43. The zero-order valence-electron chi connectivity index (χ0n) is 8.65. The van der Waals surface area contributed by atoms with Crippen LogP contribution in [-0.4, -0.2) is 46.5 Å². The third-order valence-corrected chi connectivity index (χ3v) is 2.14. The Morgan fingerprint density at radius 2 is 1.87 bits per heavy atom. The molecular formula is C9H13NO5. The summed E-state index contributed by atoms with van der Waals surface area (Å²) in [6.45, 7) is 2.74. The highest BCUT2D eigenvalue weighted by molar-refractivity contribution is 5.99. The highest BCUT2D eigenvalue weighted by Crippen LogP contribution is 2.21. The van der Waals surface area contributed by atoms with E-state index in [4.69, 9.17) is 9.84 Å². The molecule has 1 aliphatic rings. The Morgan fingerprint density at radius 3 is 2.27 bits per heavy atom. The van der Waals surface area contributed by atoms with Crippen LogP contribution >= 0.6 is 0 Å². The first-order valence-corrected chi connectivity index (χ1v) is 4.50. The van der Waals surface area contributed by atoms with Crippen LogP contribution < -0.4 is 0 Å². The molecule has 6 heteroatoms. The molecule has 0 unspecified atom stereocenters. The van der Waals surface area contributed by atoms with Crippen molar-refractivity contribution in [3.05, 3.63) is 0 Å². The van der Waals surface area contributed by atoms with Crippen LogP contribution in [0.4, 0.5) is 0 Å². The highest BCUT2D eigenvalue weighted by atomic mass is 16.5. The first-order chi connectivity index (χ1) is 6.84. The Bertz CT molecular complexity index is 294. The van der Waals surface area contributed by atoms with E-state index in [2.05, 4.69) is 0 Å². The summed E-state index contributed by atoms with van der Waals surface area (Å²) >= 11 is 0. The molecule has 0 saturated carbocycles. The second-order valence-electron chi connectivity index (χ2n) is 4.00. The Balaban J connectivity index is 2.87. The lowest BCUT2D eigenvalue weighted by molar-refractivity contribution is -0.166. The largest absolute Gasteiger partial charge is 0.481 e. The predicted octanol–water partition coefficient (Wildman–Crippen LogP) is -0.375. The molecule has 0 spiro atoms. The minimum absolute atomic E-state index is 0.172. The van der Waals surface area contributed by atoms with Crippen LogP contribution in [-0.2, 0) is 19.1 Å². The van der Waals surface area contributed by atoms with Gasteiger partial charge < -0.3 is 9.84 Å². The molecule has 1 saturated heterocycles. The lowest BCUT2D eigenvalue weighted by Gasteiger charge is -2.37. The molecule has 84 valence electrons. The van der Waals surface area contributed by atoms with Crippen LogP contribution in [0.2, 0.25) is 0 Å². The third-order valence-electron chi connectivity index (χ3n) is 2.14. The quantitative estimate of drug-likeness (QED) is 0.649. The number of carboxylic acids is 1. The summed E-state index contributed by atoms with van der Waals surface area (Å²) in [6, 6.07) is 0. The van der Waals surface area contributed by atoms with E-state index >= 15 is 0 Å². The molecular weight excluding hydrogens is 202 g/mol. The standard InChI is InChI=1S/C9H13NO5/c1-9(2,3-8(13)14)10-6(11)4-15-5-7(10)12/h3-5H2,1-2H3,(H,13,14). The summed E-state index contributed by atoms with van der Waals surface area (Å²) in [5, 5.41) is 8.67. The molecule has 1 fully saturated rings. The van der Waals surface area contributed by atoms with Crippen molar-refractivity contribution in [1.82, 2.24) is 4.90 Å². The molecule has 0 aromatic heterocycles. The third kappa shape index (κ3) is 2.53. The Labute approximate surface area is 86.8 Å². The monoisotopic (exact) mass is 215 g/mol. The number of amides is 2. The number of hydrogen-bond acceptors (Lipinski definition) is 4. The molecule has 1 aliphatic heterocycles. The van der Waals surface area contributed by atoms with E-state index in [0.717, 1.165) is 4.90 Å². The van der Waals surface area contributed by atoms with Gasteiger partial charge in [0.05, 0.1) is 12.0 Å². The van der Waals surface area contributed by atoms with Gasteiger partial charge in [-0.25, -0.2) is 0 Å². The van der Waals surface area contributed by atoms with E-state index in [9.17, 15) is 14.4 Å². The molecule has 0 aliphatic carbocycles. The number of rotatable bonds is 3. The molecule has 0 aromatic carbocycles. The number of imide groups is 1. The van der Waals surface area contributed by atoms with Crippen molar-refractivity contribution < 1.29 is 24.2 Å². The smallest absolute Gasteiger partial charge is 0.305 e. The lowest BCUT2D eigenvalue weighted by atomic mass is 9.97. The minimum Gasteiger partial charge on any atom is -0.481 e. The van der Waals surface area contributed by atoms with Gasteiger partial charge in [-0.3, -0.25) is 19.3 Å². The fourth-order valence-electron chi connectivity index (χ4n) is 1.62. The number of hydrogen-bond donors (Lipinski definition) is 1. The highest BCUT2D eigenvalue weighted by Gasteiger charge is 2.39. The maximum absolute atomic E-state index is 11.4. The van der Waals surface area contributed by atoms with Crippen molar-refractivity contribution in [3.63, 3.8) is 0 Å². The van der Waals surface area contributed by atoms with Gasteiger partial charge in [-0.2, -0.15) is 0 Å². The second kappa shape index (κ2) is 3.98. The molecule has 1 N–H and O–H groups in total. The summed E-state index contributed by atoms with van der Waals surface area (Å²) < 4.78 is 4.74. The maximum atomic E-state index is 11.4. The first-order valence-electron chi connectivity index (χ1n) is 4.50. The van der Waals surface area contributed by atoms with E-state index in [-0.39, 0.29) is 19.6 Å². The van der Waals surface area contributed by atoms with Crippen molar-refractivity contribution in [2.24, 2.45) is 0 Å². The predicted molar refractivity (Wildman–Crippen MR) is 49.0 cm³/mol. The van der Waals surface area contributed by atoms with Gasteiger partial charge in [-0.15, -0.1) is 0 Å². The Kier molecular flexibility index (Phi) is 3.09. The van der Waals surface area contributed by atoms with Crippen LogP contribution in [0.5, 0.6) is 0 Å². The van der Waals surface area contributed by atoms with E-state index in [0.29, 0.717) is 0 Å². The summed E-state index contributed by atoms with van der Waals surface area (Å²) in [4.78, 5) is 34.4. The molecule has 0 aromatic rings. The van der Waals surface area contributed by atoms with Crippen molar-refractivity contribution in [1.29, 1.82) is 0 Å². The fraction of sp³-hybridized carbons (Fsp3) is 0.667. The van der Waals surface area contributed by atoms with Crippen LogP contribution in [0.25, 0.3) is 0 Å². The van der Waals surface area contributed by atoms with Crippen molar-refractivity contribution in [2.75, 3.05) is 13.2 Å². The van der Waals surface area contributed by atoms with Crippen molar-refractivity contribution in [2.45, 2.75) is 25.8 Å². The summed E-state index contributed by atoms with van der Waals surface area (Å²) in [7, 11) is 0. The van der Waals surface area contributed by atoms with Gasteiger partial charge in [0, 0.05) is 0 Å². The van der Waals surface area contributed by atoms with Crippen LogP contribution in [0, 0.1) is 0 Å². The van der Waals surface area contributed by atoms with E-state index in [1.807, 2.05) is 0 Å². The number of nitrogens with zero attached hydrogens (tertiary/aromatic N) is 1. The molecule has 6 nitrogen and oxygen atoms in total. The summed E-state index contributed by atoms with van der Waals surface area (Å²) in [5.74, 6) is -2.03. The summed E-state index contributed by atoms with van der Waals surface area (Å²) in [5.41, 5.74) is -1.01. The number of carboxylic acid groups (broad SMARTS) is 1. The van der Waals surface area contributed by atoms with Gasteiger partial charge in [0.2, 0.25) is 0 Å². The topological polar surface area (TPSA) is 83.9 Å². The molecule has 2 amide bonds. The normalized spacial score (nSPS) is 18.1. The van der Waals surface area contributed by atoms with Gasteiger partial charge in [-0.1, -0.05) is 0 Å². The number of carbonyl (C=O) groups is 3. The van der Waals surface area contributed by atoms with Crippen LogP contribution in [0.15, 0.2) is 0 Å². The zero-order valence-corrected chi connectivity index (χ0v) is 8.65. The maximum Gasteiger partial charge on any atom is 0.305 e. The number of aliphatic carboxylic acids is 1. The SMILES string of the molecule is CC(C)(CC(=O)O)N1C(=O)COCC1=O. The van der Waals surface area contributed by atoms with Gasteiger partial charge in [0.15, 0.2) is 0 Å². The molecule has 1 rings (SSSR count). The van der Waals surface area contributed by atoms with Crippen LogP contribution in [0.3, 0.4) is 0 Å². The Morgan fingerprint density at radius 1 is 1.40 bits per heavy atom. The fourth-order valence-corrected chi connectivity index (χ4v) is 1.62. The summed E-state index contributed by atoms with van der Waals surface area (Å²) in [6.07, 6.45) is -0.273. The average Bonchev–Trinajstić information content (AvgIpc) is 1.99. The van der Waals surface area contributed by atoms with Crippen molar-refractivity contribution >= 4 is 17.8 Å². The first kappa shape index (κ1) is 11.6. The van der Waals surface area contributed by atoms with Crippen LogP contribution in [0.1, 0.15) is 20.3 Å².